The van der Waals surface area contributed by atoms with Gasteiger partial charge in [0.2, 0.25) is 0 Å². The van der Waals surface area contributed by atoms with Gasteiger partial charge < -0.3 is 9.84 Å². The van der Waals surface area contributed by atoms with E-state index in [9.17, 15) is 9.90 Å². The van der Waals surface area contributed by atoms with Gasteiger partial charge in [0.15, 0.2) is 5.78 Å². The lowest BCUT2D eigenvalue weighted by Crippen LogP contribution is -2.21. The fourth-order valence-electron chi connectivity index (χ4n) is 1.16. The van der Waals surface area contributed by atoms with Crippen LogP contribution in [0.15, 0.2) is 30.3 Å². The number of rotatable bonds is 5. The van der Waals surface area contributed by atoms with Crippen LogP contribution in [0.3, 0.4) is 0 Å². The molecule has 76 valence electrons. The molecule has 0 spiro atoms. The maximum atomic E-state index is 11.5. The van der Waals surface area contributed by atoms with Crippen LogP contribution >= 0.6 is 0 Å². The van der Waals surface area contributed by atoms with Gasteiger partial charge in [0.05, 0.1) is 0 Å². The van der Waals surface area contributed by atoms with Crippen LogP contribution in [0.25, 0.3) is 0 Å². The minimum absolute atomic E-state index is 0.248. The average molecular weight is 194 g/mol. The fraction of sp³-hybridized carbons (Fsp3) is 0.364. The first-order valence-electron chi connectivity index (χ1n) is 4.52. The van der Waals surface area contributed by atoms with Crippen molar-refractivity contribution in [3.05, 3.63) is 35.9 Å². The predicted molar refractivity (Wildman–Crippen MR) is 53.3 cm³/mol. The number of hydrogen-bond acceptors (Lipinski definition) is 3. The van der Waals surface area contributed by atoms with Crippen molar-refractivity contribution in [2.45, 2.75) is 12.5 Å². The zero-order valence-electron chi connectivity index (χ0n) is 8.14. The molecule has 14 heavy (non-hydrogen) atoms. The highest BCUT2D eigenvalue weighted by atomic mass is 16.5. The molecule has 0 radical (unpaired) electrons. The molecular formula is C11H14O3. The maximum absolute atomic E-state index is 11.5. The Morgan fingerprint density at radius 2 is 2.07 bits per heavy atom. The largest absolute Gasteiger partial charge is 0.385 e. The van der Waals surface area contributed by atoms with E-state index in [1.54, 1.807) is 31.4 Å². The highest BCUT2D eigenvalue weighted by Crippen LogP contribution is 2.05. The Kier molecular flexibility index (Phi) is 4.29. The van der Waals surface area contributed by atoms with Gasteiger partial charge in [-0.15, -0.1) is 0 Å². The fourth-order valence-corrected chi connectivity index (χ4v) is 1.16. The van der Waals surface area contributed by atoms with Crippen molar-refractivity contribution in [2.75, 3.05) is 13.7 Å². The number of carbonyl (C=O) groups excluding carboxylic acids is 1. The molecule has 1 aromatic carbocycles. The quantitative estimate of drug-likeness (QED) is 0.718. The highest BCUT2D eigenvalue weighted by molar-refractivity contribution is 5.99. The summed E-state index contributed by atoms with van der Waals surface area (Å²) < 4.78 is 4.79. The van der Waals surface area contributed by atoms with Crippen molar-refractivity contribution >= 4 is 5.78 Å². The molecule has 3 heteroatoms. The molecule has 0 saturated carbocycles. The first kappa shape index (κ1) is 10.9. The summed E-state index contributed by atoms with van der Waals surface area (Å²) in [7, 11) is 1.54. The number of Topliss-reactive ketones (excluding diaryl/α,β-unsaturated/α-hetero) is 1. The minimum atomic E-state index is -0.961. The van der Waals surface area contributed by atoms with E-state index in [0.29, 0.717) is 18.6 Å². The number of carbonyl (C=O) groups is 1. The lowest BCUT2D eigenvalue weighted by molar-refractivity contribution is 0.0651. The highest BCUT2D eigenvalue weighted by Gasteiger charge is 2.15. The third-order valence-corrected chi connectivity index (χ3v) is 1.96. The van der Waals surface area contributed by atoms with Crippen LogP contribution in [0, 0.1) is 0 Å². The van der Waals surface area contributed by atoms with Gasteiger partial charge in [-0.25, -0.2) is 0 Å². The van der Waals surface area contributed by atoms with Crippen LogP contribution in [0.4, 0.5) is 0 Å². The van der Waals surface area contributed by atoms with Crippen molar-refractivity contribution in [3.63, 3.8) is 0 Å². The molecule has 0 amide bonds. The van der Waals surface area contributed by atoms with Crippen LogP contribution in [0.1, 0.15) is 16.8 Å². The summed E-state index contributed by atoms with van der Waals surface area (Å²) in [4.78, 5) is 11.5. The number of benzene rings is 1. The zero-order chi connectivity index (χ0) is 10.4. The predicted octanol–water partition coefficient (Wildman–Crippen LogP) is 1.27. The Labute approximate surface area is 83.3 Å². The van der Waals surface area contributed by atoms with E-state index >= 15 is 0 Å². The summed E-state index contributed by atoms with van der Waals surface area (Å²) in [5, 5.41) is 9.47. The van der Waals surface area contributed by atoms with E-state index < -0.39 is 6.10 Å². The summed E-state index contributed by atoms with van der Waals surface area (Å²) in [6.07, 6.45) is -0.623. The van der Waals surface area contributed by atoms with Gasteiger partial charge in [0.25, 0.3) is 0 Å². The summed E-state index contributed by atoms with van der Waals surface area (Å²) in [6.45, 7) is 0.389. The molecule has 0 aromatic heterocycles. The summed E-state index contributed by atoms with van der Waals surface area (Å²) in [6, 6.07) is 8.77. The van der Waals surface area contributed by atoms with Crippen LogP contribution in [0.5, 0.6) is 0 Å². The summed E-state index contributed by atoms with van der Waals surface area (Å²) in [5.41, 5.74) is 0.538. The number of methoxy groups -OCH3 is 1. The van der Waals surface area contributed by atoms with E-state index in [0.717, 1.165) is 0 Å². The van der Waals surface area contributed by atoms with Gasteiger partial charge in [-0.3, -0.25) is 4.79 Å². The molecule has 1 aromatic rings. The average Bonchev–Trinajstić information content (AvgIpc) is 2.26. The third kappa shape index (κ3) is 2.94. The first-order chi connectivity index (χ1) is 6.75. The molecule has 1 N–H and O–H groups in total. The molecule has 0 fully saturated rings. The van der Waals surface area contributed by atoms with Gasteiger partial charge >= 0.3 is 0 Å². The van der Waals surface area contributed by atoms with E-state index in [1.807, 2.05) is 6.07 Å². The summed E-state index contributed by atoms with van der Waals surface area (Å²) >= 11 is 0. The van der Waals surface area contributed by atoms with Gasteiger partial charge in [-0.2, -0.15) is 0 Å². The zero-order valence-corrected chi connectivity index (χ0v) is 8.14. The first-order valence-corrected chi connectivity index (χ1v) is 4.52. The van der Waals surface area contributed by atoms with Crippen LogP contribution in [-0.4, -0.2) is 30.7 Å². The molecule has 0 aliphatic rings. The number of hydrogen-bond donors (Lipinski definition) is 1. The van der Waals surface area contributed by atoms with E-state index in [-0.39, 0.29) is 5.78 Å². The number of aliphatic hydroxyl groups is 1. The minimum Gasteiger partial charge on any atom is -0.385 e. The monoisotopic (exact) mass is 194 g/mol. The molecule has 0 aliphatic heterocycles. The van der Waals surface area contributed by atoms with Gasteiger partial charge in [-0.1, -0.05) is 30.3 Å². The molecule has 1 atom stereocenters. The normalized spacial score (nSPS) is 12.4. The second kappa shape index (κ2) is 5.52. The molecule has 1 unspecified atom stereocenters. The lowest BCUT2D eigenvalue weighted by Gasteiger charge is -2.08. The molecule has 0 saturated heterocycles. The van der Waals surface area contributed by atoms with Crippen LogP contribution < -0.4 is 0 Å². The SMILES string of the molecule is COCCC(O)C(=O)c1ccccc1. The number of ether oxygens (including phenoxy) is 1. The smallest absolute Gasteiger partial charge is 0.191 e. The van der Waals surface area contributed by atoms with E-state index in [4.69, 9.17) is 4.74 Å². The molecular weight excluding hydrogens is 180 g/mol. The number of ketones is 1. The van der Waals surface area contributed by atoms with Crippen molar-refractivity contribution < 1.29 is 14.6 Å². The van der Waals surface area contributed by atoms with Crippen LogP contribution in [0.2, 0.25) is 0 Å². The topological polar surface area (TPSA) is 46.5 Å². The number of aliphatic hydroxyl groups excluding tert-OH is 1. The lowest BCUT2D eigenvalue weighted by atomic mass is 10.0. The van der Waals surface area contributed by atoms with E-state index in [2.05, 4.69) is 0 Å². The second-order valence-electron chi connectivity index (χ2n) is 3.03. The van der Waals surface area contributed by atoms with Gasteiger partial charge in [0.1, 0.15) is 6.10 Å². The Balaban J connectivity index is 2.57. The van der Waals surface area contributed by atoms with Crippen molar-refractivity contribution in [2.24, 2.45) is 0 Å². The third-order valence-electron chi connectivity index (χ3n) is 1.96. The Morgan fingerprint density at radius 3 is 2.64 bits per heavy atom. The van der Waals surface area contributed by atoms with Crippen molar-refractivity contribution in [1.29, 1.82) is 0 Å². The molecule has 3 nitrogen and oxygen atoms in total. The Bertz CT molecular complexity index is 282. The molecule has 1 rings (SSSR count). The Morgan fingerprint density at radius 1 is 1.43 bits per heavy atom. The van der Waals surface area contributed by atoms with Crippen molar-refractivity contribution in [3.8, 4) is 0 Å². The van der Waals surface area contributed by atoms with Gasteiger partial charge in [0, 0.05) is 25.7 Å². The standard InChI is InChI=1S/C11H14O3/c1-14-8-7-10(12)11(13)9-5-3-2-4-6-9/h2-6,10,12H,7-8H2,1H3. The van der Waals surface area contributed by atoms with Crippen molar-refractivity contribution in [1.82, 2.24) is 0 Å². The molecule has 0 aliphatic carbocycles. The second-order valence-corrected chi connectivity index (χ2v) is 3.03. The van der Waals surface area contributed by atoms with Crippen LogP contribution in [-0.2, 0) is 4.74 Å². The molecule has 0 bridgehead atoms. The summed E-state index contributed by atoms with van der Waals surface area (Å²) in [5.74, 6) is -0.248. The van der Waals surface area contributed by atoms with E-state index in [1.165, 1.54) is 0 Å². The molecule has 0 heterocycles. The van der Waals surface area contributed by atoms with Gasteiger partial charge in [-0.05, 0) is 0 Å². The maximum Gasteiger partial charge on any atom is 0.191 e. The Hall–Kier alpha value is -1.19.